The van der Waals surface area contributed by atoms with Crippen LogP contribution in [0.1, 0.15) is 45.3 Å². The Kier molecular flexibility index (Phi) is 4.36. The largest absolute Gasteiger partial charge is 0.415 e. The topological polar surface area (TPSA) is 22.4 Å². The van der Waals surface area contributed by atoms with Gasteiger partial charge in [-0.05, 0) is 37.2 Å². The van der Waals surface area contributed by atoms with Gasteiger partial charge in [0.1, 0.15) is 40.0 Å². The molecule has 1 aromatic heterocycles. The van der Waals surface area contributed by atoms with Crippen LogP contribution in [0.2, 0.25) is 0 Å². The van der Waals surface area contributed by atoms with Gasteiger partial charge in [-0.15, -0.1) is 4.65 Å². The molecule has 3 rings (SSSR count). The van der Waals surface area contributed by atoms with Gasteiger partial charge in [-0.25, -0.2) is 0 Å². The van der Waals surface area contributed by atoms with Gasteiger partial charge in [0.25, 0.3) is 0 Å². The molecule has 2 aliphatic rings. The molecule has 2 aliphatic carbocycles. The average Bonchev–Trinajstić information content (AvgIpc) is 3.11. The second kappa shape index (κ2) is 5.91. The predicted molar refractivity (Wildman–Crippen MR) is 93.3 cm³/mol. The maximum Gasteiger partial charge on any atom is 0.334 e. The highest BCUT2D eigenvalue weighted by molar-refractivity contribution is 5.28. The Morgan fingerprint density at radius 3 is 2.43 bits per heavy atom. The average molecular weight is 322 g/mol. The minimum atomic E-state index is 0.332. The summed E-state index contributed by atoms with van der Waals surface area (Å²) in [6, 6.07) is 4.78. The monoisotopic (exact) mass is 322 g/mol. The summed E-state index contributed by atoms with van der Waals surface area (Å²) < 4.78 is 7.02. The van der Waals surface area contributed by atoms with E-state index in [1.807, 2.05) is 0 Å². The molecule has 1 heterocycles. The quantitative estimate of drug-likeness (QED) is 0.580. The van der Waals surface area contributed by atoms with E-state index in [4.69, 9.17) is 9.36 Å². The fourth-order valence-electron chi connectivity index (χ4n) is 4.77. The van der Waals surface area contributed by atoms with Crippen molar-refractivity contribution in [1.82, 2.24) is 4.65 Å². The smallest absolute Gasteiger partial charge is 0.334 e. The molecule has 1 aromatic rings. The molecule has 2 saturated carbocycles. The molecule has 0 aliphatic heterocycles. The van der Waals surface area contributed by atoms with Gasteiger partial charge < -0.3 is 4.42 Å². The van der Waals surface area contributed by atoms with Crippen LogP contribution in [0, 0.1) is 17.8 Å². The van der Waals surface area contributed by atoms with Crippen molar-refractivity contribution in [1.29, 1.82) is 0 Å². The number of hydrogen-bond donors (Lipinski definition) is 0. The van der Waals surface area contributed by atoms with Crippen molar-refractivity contribution in [2.24, 2.45) is 17.8 Å². The predicted octanol–water partition coefficient (Wildman–Crippen LogP) is 4.16. The zero-order chi connectivity index (χ0) is 16.8. The third-order valence-electron chi connectivity index (χ3n) is 5.70. The van der Waals surface area contributed by atoms with Gasteiger partial charge in [0, 0.05) is 29.8 Å². The van der Waals surface area contributed by atoms with Crippen molar-refractivity contribution < 1.29 is 14.0 Å². The van der Waals surface area contributed by atoms with E-state index in [2.05, 4.69) is 54.2 Å². The van der Waals surface area contributed by atoms with Crippen LogP contribution in [-0.2, 0) is 11.4 Å². The molecule has 23 heavy (non-hydrogen) atoms. The van der Waals surface area contributed by atoms with Crippen molar-refractivity contribution in [3.8, 4) is 0 Å². The van der Waals surface area contributed by atoms with Gasteiger partial charge in [-0.3, -0.25) is 0 Å². The van der Waals surface area contributed by atoms with Crippen LogP contribution >= 0.6 is 0 Å². The minimum Gasteiger partial charge on any atom is -0.415 e. The normalized spacial score (nSPS) is 28.0. The van der Waals surface area contributed by atoms with E-state index in [9.17, 15) is 0 Å². The molecule has 0 N–H and O–H groups in total. The maximum atomic E-state index is 6.55. The summed E-state index contributed by atoms with van der Waals surface area (Å²) in [5, 5.41) is 0. The summed E-state index contributed by atoms with van der Waals surface area (Å²) in [6.45, 7) is 4.43. The molecule has 130 valence electrons. The Morgan fingerprint density at radius 2 is 1.87 bits per heavy atom. The van der Waals surface area contributed by atoms with E-state index in [-0.39, 0.29) is 0 Å². The number of quaternary nitrogens is 2. The second-order valence-electron chi connectivity index (χ2n) is 8.95. The van der Waals surface area contributed by atoms with Gasteiger partial charge in [-0.2, -0.15) is 0 Å². The maximum absolute atomic E-state index is 6.55. The highest BCUT2D eigenvalue weighted by Crippen LogP contribution is 2.48. The Balaban J connectivity index is 1.70. The van der Waals surface area contributed by atoms with Crippen LogP contribution in [0.4, 0.5) is 5.88 Å². The molecule has 3 atom stereocenters. The molecule has 1 unspecified atom stereocenters. The Labute approximate surface area is 141 Å². The molecule has 4 heteroatoms. The minimum absolute atomic E-state index is 0.332. The van der Waals surface area contributed by atoms with Gasteiger partial charge in [0.2, 0.25) is 0 Å². The Bertz CT molecular complexity index is 547. The molecule has 0 aromatic carbocycles. The van der Waals surface area contributed by atoms with E-state index in [1.54, 1.807) is 0 Å². The molecule has 4 nitrogen and oxygen atoms in total. The molecule has 0 amide bonds. The number of furan rings is 1. The number of fused-ring (bicyclic) bond motifs is 2. The molecule has 0 radical (unpaired) electrons. The summed E-state index contributed by atoms with van der Waals surface area (Å²) in [5.41, 5.74) is 0. The second-order valence-corrected chi connectivity index (χ2v) is 8.95. The lowest BCUT2D eigenvalue weighted by Gasteiger charge is -2.39. The first-order valence-corrected chi connectivity index (χ1v) is 9.15. The molecule has 0 saturated heterocycles. The van der Waals surface area contributed by atoms with E-state index >= 15 is 0 Å². The van der Waals surface area contributed by atoms with Crippen LogP contribution < -0.4 is 4.65 Å². The van der Waals surface area contributed by atoms with Gasteiger partial charge in [0.15, 0.2) is 0 Å². The number of nitrogens with zero attached hydrogens (tertiary/aromatic N) is 2. The van der Waals surface area contributed by atoms with Crippen LogP contribution in [0.3, 0.4) is 0 Å². The Hall–Kier alpha value is -0.840. The van der Waals surface area contributed by atoms with Crippen LogP contribution in [0.25, 0.3) is 0 Å². The SMILES string of the molecule is CC(C)Cc1ccc([N+](C)(C)O[N+](C)(C)C2C[C@@H]3CC[C@H]2C3)o1. The van der Waals surface area contributed by atoms with Crippen LogP contribution in [0.15, 0.2) is 16.5 Å². The molecule has 2 fully saturated rings. The van der Waals surface area contributed by atoms with Gasteiger partial charge in [-0.1, -0.05) is 18.5 Å². The number of hydroxylamine groups is 5. The number of rotatable bonds is 6. The lowest BCUT2D eigenvalue weighted by Crippen LogP contribution is -2.59. The summed E-state index contributed by atoms with van der Waals surface area (Å²) in [6.07, 6.45) is 6.50. The standard InChI is InChI=1S/C19H34N2O2/c1-14(2)11-17-9-10-19(22-17)21(5,6)23-20(3,4)18-13-15-7-8-16(18)12-15/h9-10,14-16,18H,7-8,11-13H2,1-6H3/q+2/t15-,16+,18?/m1/s1. The zero-order valence-corrected chi connectivity index (χ0v) is 15.7. The highest BCUT2D eigenvalue weighted by Gasteiger charge is 2.52. The zero-order valence-electron chi connectivity index (χ0n) is 15.7. The lowest BCUT2D eigenvalue weighted by atomic mass is 9.94. The van der Waals surface area contributed by atoms with Gasteiger partial charge >= 0.3 is 5.88 Å². The van der Waals surface area contributed by atoms with Gasteiger partial charge in [0.05, 0.1) is 0 Å². The molecular formula is C19H34N2O2+2. The van der Waals surface area contributed by atoms with E-state index < -0.39 is 0 Å². The third kappa shape index (κ3) is 3.49. The van der Waals surface area contributed by atoms with E-state index in [1.165, 1.54) is 25.7 Å². The third-order valence-corrected chi connectivity index (χ3v) is 5.70. The lowest BCUT2D eigenvalue weighted by molar-refractivity contribution is -1.12. The van der Waals surface area contributed by atoms with Crippen molar-refractivity contribution >= 4 is 5.88 Å². The molecule has 0 spiro atoms. The number of hydrogen-bond acceptors (Lipinski definition) is 2. The summed E-state index contributed by atoms with van der Waals surface area (Å²) >= 11 is 0. The van der Waals surface area contributed by atoms with Crippen molar-refractivity contribution in [2.75, 3.05) is 28.2 Å². The van der Waals surface area contributed by atoms with E-state index in [0.717, 1.165) is 29.9 Å². The summed E-state index contributed by atoms with van der Waals surface area (Å²) in [5.74, 6) is 4.31. The van der Waals surface area contributed by atoms with E-state index in [0.29, 0.717) is 21.3 Å². The fourth-order valence-corrected chi connectivity index (χ4v) is 4.77. The first kappa shape index (κ1) is 17.0. The fraction of sp³-hybridized carbons (Fsp3) is 0.789. The summed E-state index contributed by atoms with van der Waals surface area (Å²) in [4.78, 5) is 6.55. The van der Waals surface area contributed by atoms with Crippen molar-refractivity contribution in [3.05, 3.63) is 17.9 Å². The first-order chi connectivity index (χ1) is 10.7. The van der Waals surface area contributed by atoms with Crippen molar-refractivity contribution in [2.45, 2.75) is 52.0 Å². The van der Waals surface area contributed by atoms with Crippen LogP contribution in [0.5, 0.6) is 0 Å². The summed E-state index contributed by atoms with van der Waals surface area (Å²) in [7, 11) is 8.57. The van der Waals surface area contributed by atoms with Crippen molar-refractivity contribution in [3.63, 3.8) is 0 Å². The molecular weight excluding hydrogens is 288 g/mol. The van der Waals surface area contributed by atoms with Crippen LogP contribution in [-0.4, -0.2) is 38.9 Å². The first-order valence-electron chi connectivity index (χ1n) is 9.15. The molecule has 2 bridgehead atoms. The highest BCUT2D eigenvalue weighted by atomic mass is 16.9. The Morgan fingerprint density at radius 1 is 1.13 bits per heavy atom.